The fraction of sp³-hybridized carbons (Fsp3) is 0.889. The Morgan fingerprint density at radius 2 is 2.43 bits per heavy atom. The highest BCUT2D eigenvalue weighted by Gasteiger charge is 2.34. The molecule has 2 unspecified atom stereocenters. The Bertz CT molecular complexity index is 219. The monoisotopic (exact) mass is 216 g/mol. The maximum Gasteiger partial charge on any atom is 0.322 e. The van der Waals surface area contributed by atoms with E-state index in [1.807, 2.05) is 11.8 Å². The van der Waals surface area contributed by atoms with Crippen molar-refractivity contribution in [1.29, 1.82) is 0 Å². The zero-order valence-corrected chi connectivity index (χ0v) is 8.92. The second kappa shape index (κ2) is 4.51. The van der Waals surface area contributed by atoms with E-state index in [9.17, 15) is 4.79 Å². The van der Waals surface area contributed by atoms with Gasteiger partial charge in [-0.25, -0.2) is 0 Å². The zero-order chi connectivity index (χ0) is 9.97. The second-order valence-electron chi connectivity index (χ2n) is 3.81. The van der Waals surface area contributed by atoms with Crippen molar-refractivity contribution in [3.63, 3.8) is 0 Å². The smallest absolute Gasteiger partial charge is 0.322 e. The first-order valence-electron chi connectivity index (χ1n) is 5.06. The van der Waals surface area contributed by atoms with Crippen molar-refractivity contribution in [3.8, 4) is 0 Å². The van der Waals surface area contributed by atoms with Crippen LogP contribution in [-0.4, -0.2) is 59.2 Å². The second-order valence-corrected chi connectivity index (χ2v) is 4.96. The predicted octanol–water partition coefficient (Wildman–Crippen LogP) is -0.150. The van der Waals surface area contributed by atoms with Crippen molar-refractivity contribution in [3.05, 3.63) is 0 Å². The van der Waals surface area contributed by atoms with E-state index in [0.717, 1.165) is 25.3 Å². The molecule has 2 saturated heterocycles. The maximum atomic E-state index is 11.0. The number of piperazine rings is 1. The van der Waals surface area contributed by atoms with Crippen molar-refractivity contribution < 1.29 is 9.90 Å². The van der Waals surface area contributed by atoms with Crippen LogP contribution in [0.3, 0.4) is 0 Å². The largest absolute Gasteiger partial charge is 0.480 e. The lowest BCUT2D eigenvalue weighted by molar-refractivity contribution is -0.144. The van der Waals surface area contributed by atoms with Gasteiger partial charge < -0.3 is 10.4 Å². The average Bonchev–Trinajstić information content (AvgIpc) is 2.70. The molecule has 2 atom stereocenters. The maximum absolute atomic E-state index is 11.0. The number of aliphatic carboxylic acids is 1. The molecule has 14 heavy (non-hydrogen) atoms. The summed E-state index contributed by atoms with van der Waals surface area (Å²) in [5.41, 5.74) is 0. The lowest BCUT2D eigenvalue weighted by atomic mass is 10.1. The number of hydrogen-bond donors (Lipinski definition) is 2. The van der Waals surface area contributed by atoms with Crippen molar-refractivity contribution >= 4 is 17.7 Å². The van der Waals surface area contributed by atoms with Crippen LogP contribution in [0.25, 0.3) is 0 Å². The van der Waals surface area contributed by atoms with Crippen LogP contribution in [0.15, 0.2) is 0 Å². The van der Waals surface area contributed by atoms with Crippen LogP contribution in [0, 0.1) is 0 Å². The number of thioether (sulfide) groups is 1. The van der Waals surface area contributed by atoms with E-state index >= 15 is 0 Å². The Labute approximate surface area is 88.0 Å². The zero-order valence-electron chi connectivity index (χ0n) is 8.11. The Morgan fingerprint density at radius 3 is 3.07 bits per heavy atom. The van der Waals surface area contributed by atoms with Crippen LogP contribution in [0.1, 0.15) is 6.42 Å². The van der Waals surface area contributed by atoms with Crippen molar-refractivity contribution in [2.24, 2.45) is 0 Å². The summed E-state index contributed by atoms with van der Waals surface area (Å²) in [5, 5.41) is 12.2. The quantitative estimate of drug-likeness (QED) is 0.672. The third kappa shape index (κ3) is 2.04. The topological polar surface area (TPSA) is 52.6 Å². The van der Waals surface area contributed by atoms with Crippen molar-refractivity contribution in [2.75, 3.05) is 31.1 Å². The molecule has 5 heteroatoms. The highest BCUT2D eigenvalue weighted by atomic mass is 32.2. The van der Waals surface area contributed by atoms with Crippen LogP contribution in [-0.2, 0) is 4.79 Å². The lowest BCUT2D eigenvalue weighted by Crippen LogP contribution is -2.58. The molecule has 0 bridgehead atoms. The molecule has 0 amide bonds. The molecule has 2 heterocycles. The van der Waals surface area contributed by atoms with Gasteiger partial charge in [0.2, 0.25) is 0 Å². The first kappa shape index (κ1) is 10.3. The summed E-state index contributed by atoms with van der Waals surface area (Å²) >= 11 is 1.93. The van der Waals surface area contributed by atoms with Crippen LogP contribution in [0.2, 0.25) is 0 Å². The molecule has 2 N–H and O–H groups in total. The van der Waals surface area contributed by atoms with Crippen LogP contribution >= 0.6 is 11.8 Å². The van der Waals surface area contributed by atoms with E-state index in [0.29, 0.717) is 12.6 Å². The summed E-state index contributed by atoms with van der Waals surface area (Å²) in [7, 11) is 0. The Morgan fingerprint density at radius 1 is 1.57 bits per heavy atom. The molecule has 2 aliphatic rings. The summed E-state index contributed by atoms with van der Waals surface area (Å²) in [5.74, 6) is 1.60. The molecule has 0 spiro atoms. The van der Waals surface area contributed by atoms with Crippen molar-refractivity contribution in [1.82, 2.24) is 10.2 Å². The fourth-order valence-corrected chi connectivity index (χ4v) is 3.41. The van der Waals surface area contributed by atoms with E-state index in [-0.39, 0.29) is 6.04 Å². The summed E-state index contributed by atoms with van der Waals surface area (Å²) in [6.45, 7) is 2.39. The van der Waals surface area contributed by atoms with Gasteiger partial charge >= 0.3 is 5.97 Å². The molecule has 2 fully saturated rings. The lowest BCUT2D eigenvalue weighted by Gasteiger charge is -2.37. The Hall–Kier alpha value is -0.260. The summed E-state index contributed by atoms with van der Waals surface area (Å²) in [6.07, 6.45) is 1.15. The van der Waals surface area contributed by atoms with Crippen LogP contribution in [0.5, 0.6) is 0 Å². The van der Waals surface area contributed by atoms with Gasteiger partial charge in [0.1, 0.15) is 6.04 Å². The van der Waals surface area contributed by atoms with Gasteiger partial charge in [-0.1, -0.05) is 0 Å². The van der Waals surface area contributed by atoms with E-state index in [1.54, 1.807) is 0 Å². The third-order valence-electron chi connectivity index (χ3n) is 2.94. The Kier molecular flexibility index (Phi) is 3.30. The van der Waals surface area contributed by atoms with Gasteiger partial charge in [0.25, 0.3) is 0 Å². The highest BCUT2D eigenvalue weighted by Crippen LogP contribution is 2.24. The first-order chi connectivity index (χ1) is 6.79. The minimum absolute atomic E-state index is 0.313. The van der Waals surface area contributed by atoms with Crippen LogP contribution < -0.4 is 5.32 Å². The first-order valence-corrected chi connectivity index (χ1v) is 6.21. The van der Waals surface area contributed by atoms with Gasteiger partial charge in [-0.15, -0.1) is 0 Å². The molecule has 4 nitrogen and oxygen atoms in total. The predicted molar refractivity (Wildman–Crippen MR) is 56.7 cm³/mol. The fourth-order valence-electron chi connectivity index (χ4n) is 2.17. The molecule has 80 valence electrons. The van der Waals surface area contributed by atoms with Gasteiger partial charge in [0, 0.05) is 31.4 Å². The number of nitrogens with zero attached hydrogens (tertiary/aromatic N) is 1. The molecule has 0 saturated carbocycles. The number of hydrogen-bond acceptors (Lipinski definition) is 4. The number of nitrogens with one attached hydrogen (secondary N) is 1. The third-order valence-corrected chi connectivity index (χ3v) is 4.09. The summed E-state index contributed by atoms with van der Waals surface area (Å²) in [4.78, 5) is 13.2. The number of carboxylic acid groups (broad SMARTS) is 1. The normalized spacial score (nSPS) is 34.6. The number of carbonyl (C=O) groups is 1. The van der Waals surface area contributed by atoms with E-state index in [2.05, 4.69) is 10.2 Å². The van der Waals surface area contributed by atoms with E-state index in [1.165, 1.54) is 5.75 Å². The van der Waals surface area contributed by atoms with Crippen molar-refractivity contribution in [2.45, 2.75) is 18.5 Å². The van der Waals surface area contributed by atoms with Gasteiger partial charge in [-0.3, -0.25) is 9.69 Å². The van der Waals surface area contributed by atoms with E-state index < -0.39 is 5.97 Å². The van der Waals surface area contributed by atoms with Gasteiger partial charge in [-0.05, 0) is 12.2 Å². The number of rotatable bonds is 2. The molecule has 0 aromatic carbocycles. The molecule has 2 rings (SSSR count). The molecule has 0 aromatic rings. The summed E-state index contributed by atoms with van der Waals surface area (Å²) in [6, 6.07) is 0.177. The molecule has 2 aliphatic heterocycles. The molecule has 0 aromatic heterocycles. The number of carboxylic acids is 1. The van der Waals surface area contributed by atoms with Gasteiger partial charge in [-0.2, -0.15) is 11.8 Å². The molecule has 0 aliphatic carbocycles. The van der Waals surface area contributed by atoms with Gasteiger partial charge in [0.15, 0.2) is 0 Å². The molecular weight excluding hydrogens is 200 g/mol. The molecule has 0 radical (unpaired) electrons. The average molecular weight is 216 g/mol. The van der Waals surface area contributed by atoms with E-state index in [4.69, 9.17) is 5.11 Å². The highest BCUT2D eigenvalue weighted by molar-refractivity contribution is 7.99. The SMILES string of the molecule is O=C(O)C1CNCCN1C1CCSC1. The minimum Gasteiger partial charge on any atom is -0.480 e. The minimum atomic E-state index is -0.686. The summed E-state index contributed by atoms with van der Waals surface area (Å²) < 4.78 is 0. The van der Waals surface area contributed by atoms with Gasteiger partial charge in [0.05, 0.1) is 0 Å². The standard InChI is InChI=1S/C9H16N2O2S/c12-9(13)8-5-10-2-3-11(8)7-1-4-14-6-7/h7-8,10H,1-6H2,(H,12,13). The van der Waals surface area contributed by atoms with Crippen LogP contribution in [0.4, 0.5) is 0 Å². The molecular formula is C9H16N2O2S. The Balaban J connectivity index is 2.01.